The normalized spacial score (nSPS) is 12.2. The minimum absolute atomic E-state index is 0.0367. The van der Waals surface area contributed by atoms with E-state index in [-0.39, 0.29) is 28.2 Å². The Bertz CT molecular complexity index is 1380. The molecule has 1 unspecified atom stereocenters. The number of halogens is 3. The van der Waals surface area contributed by atoms with Gasteiger partial charge in [0.25, 0.3) is 5.91 Å². The number of benzene rings is 2. The van der Waals surface area contributed by atoms with Crippen LogP contribution in [0.2, 0.25) is 0 Å². The molecule has 2 aromatic heterocycles. The number of carbonyl (C=O) groups is 1. The van der Waals surface area contributed by atoms with Gasteiger partial charge in [-0.1, -0.05) is 17.3 Å². The molecule has 1 amide bonds. The van der Waals surface area contributed by atoms with Gasteiger partial charge in [0.15, 0.2) is 11.6 Å². The van der Waals surface area contributed by atoms with Gasteiger partial charge >= 0.3 is 0 Å². The summed E-state index contributed by atoms with van der Waals surface area (Å²) >= 11 is 0. The van der Waals surface area contributed by atoms with Gasteiger partial charge in [0.05, 0.1) is 5.52 Å². The summed E-state index contributed by atoms with van der Waals surface area (Å²) in [7, 11) is 0. The Hall–Kier alpha value is -3.95. The molecule has 158 valence electrons. The molecule has 4 aromatic rings. The topological polar surface area (TPSA) is 101 Å². The number of amides is 1. The highest BCUT2D eigenvalue weighted by Crippen LogP contribution is 2.21. The zero-order chi connectivity index (χ0) is 22.3. The smallest absolute Gasteiger partial charge is 0.257 e. The zero-order valence-corrected chi connectivity index (χ0v) is 16.3. The molecule has 0 aliphatic rings. The number of rotatable bonds is 4. The second-order valence-corrected chi connectivity index (χ2v) is 6.96. The van der Waals surface area contributed by atoms with Crippen molar-refractivity contribution < 1.29 is 22.5 Å². The van der Waals surface area contributed by atoms with Crippen LogP contribution in [0.3, 0.4) is 0 Å². The Morgan fingerprint density at radius 2 is 1.87 bits per heavy atom. The Morgan fingerprint density at radius 3 is 2.61 bits per heavy atom. The highest BCUT2D eigenvalue weighted by Gasteiger charge is 2.21. The van der Waals surface area contributed by atoms with Crippen LogP contribution in [0.5, 0.6) is 0 Å². The van der Waals surface area contributed by atoms with Crippen molar-refractivity contribution >= 4 is 16.8 Å². The van der Waals surface area contributed by atoms with E-state index in [1.807, 2.05) is 0 Å². The lowest BCUT2D eigenvalue weighted by atomic mass is 10.1. The van der Waals surface area contributed by atoms with Crippen LogP contribution in [0, 0.1) is 24.4 Å². The van der Waals surface area contributed by atoms with Crippen LogP contribution in [0.15, 0.2) is 45.8 Å². The second kappa shape index (κ2) is 7.71. The number of aryl methyl sites for hydroxylation is 1. The minimum Gasteiger partial charge on any atom is -0.360 e. The molecule has 0 aliphatic carbocycles. The summed E-state index contributed by atoms with van der Waals surface area (Å²) in [6.07, 6.45) is 1.11. The Kier molecular flexibility index (Phi) is 5.05. The highest BCUT2D eigenvalue weighted by atomic mass is 19.2. The molecule has 0 saturated carbocycles. The van der Waals surface area contributed by atoms with Gasteiger partial charge in [0.1, 0.15) is 17.4 Å². The maximum Gasteiger partial charge on any atom is 0.257 e. The average Bonchev–Trinajstić information content (AvgIpc) is 3.22. The maximum atomic E-state index is 13.8. The van der Waals surface area contributed by atoms with Crippen LogP contribution in [0.25, 0.3) is 22.3 Å². The van der Waals surface area contributed by atoms with E-state index in [0.29, 0.717) is 11.1 Å². The Balaban J connectivity index is 1.57. The van der Waals surface area contributed by atoms with E-state index < -0.39 is 34.8 Å². The maximum absolute atomic E-state index is 13.8. The van der Waals surface area contributed by atoms with E-state index in [1.165, 1.54) is 6.07 Å². The third-order valence-corrected chi connectivity index (χ3v) is 4.76. The van der Waals surface area contributed by atoms with Gasteiger partial charge in [-0.25, -0.2) is 13.2 Å². The summed E-state index contributed by atoms with van der Waals surface area (Å²) in [5.41, 5.74) is -0.141. The van der Waals surface area contributed by atoms with Crippen molar-refractivity contribution in [1.29, 1.82) is 0 Å². The van der Waals surface area contributed by atoms with Crippen molar-refractivity contribution in [3.8, 4) is 11.4 Å². The third kappa shape index (κ3) is 3.79. The lowest BCUT2D eigenvalue weighted by molar-refractivity contribution is 0.0931. The molecule has 0 aliphatic heterocycles. The predicted octanol–water partition coefficient (Wildman–Crippen LogP) is 3.79. The number of aromatic amines is 1. The van der Waals surface area contributed by atoms with Crippen molar-refractivity contribution in [1.82, 2.24) is 20.4 Å². The number of aromatic nitrogens is 3. The van der Waals surface area contributed by atoms with E-state index in [9.17, 15) is 22.8 Å². The van der Waals surface area contributed by atoms with Crippen molar-refractivity contribution in [2.75, 3.05) is 0 Å². The lowest BCUT2D eigenvalue weighted by Crippen LogP contribution is -2.31. The van der Waals surface area contributed by atoms with Crippen molar-refractivity contribution in [3.05, 3.63) is 81.2 Å². The monoisotopic (exact) mass is 428 g/mol. The van der Waals surface area contributed by atoms with Gasteiger partial charge in [-0.3, -0.25) is 9.59 Å². The molecule has 0 bridgehead atoms. The fourth-order valence-electron chi connectivity index (χ4n) is 2.98. The quantitative estimate of drug-likeness (QED) is 0.515. The summed E-state index contributed by atoms with van der Waals surface area (Å²) in [4.78, 5) is 31.9. The predicted molar refractivity (Wildman–Crippen MR) is 105 cm³/mol. The molecule has 0 saturated heterocycles. The first kappa shape index (κ1) is 20.3. The van der Waals surface area contributed by atoms with Gasteiger partial charge in [-0.2, -0.15) is 4.98 Å². The second-order valence-electron chi connectivity index (χ2n) is 6.96. The molecule has 4 rings (SSSR count). The van der Waals surface area contributed by atoms with Crippen LogP contribution in [-0.2, 0) is 0 Å². The first-order valence-corrected chi connectivity index (χ1v) is 9.16. The fourth-order valence-corrected chi connectivity index (χ4v) is 2.98. The molecule has 1 atom stereocenters. The van der Waals surface area contributed by atoms with Crippen molar-refractivity contribution in [2.45, 2.75) is 19.9 Å². The molecule has 0 fully saturated rings. The number of nitrogens with one attached hydrogen (secondary N) is 2. The van der Waals surface area contributed by atoms with Crippen LogP contribution in [0.4, 0.5) is 13.2 Å². The number of nitrogens with zero attached hydrogens (tertiary/aromatic N) is 2. The standard InChI is InChI=1S/C21H15F3N4O3/c1-9-3-4-11(5-14(9)22)19-27-21(31-28-19)10(2)26-20(30)13-8-25-17-7-16(24)15(23)6-12(17)18(13)29/h3-8,10H,1-2H3,(H,25,29)(H,26,30). The number of H-pyrrole nitrogens is 1. The number of pyridine rings is 1. The number of hydrogen-bond acceptors (Lipinski definition) is 5. The third-order valence-electron chi connectivity index (χ3n) is 4.76. The van der Waals surface area contributed by atoms with Crippen LogP contribution < -0.4 is 10.7 Å². The zero-order valence-electron chi connectivity index (χ0n) is 16.3. The summed E-state index contributed by atoms with van der Waals surface area (Å²) in [5, 5.41) is 6.15. The molecule has 7 nitrogen and oxygen atoms in total. The van der Waals surface area contributed by atoms with Crippen LogP contribution >= 0.6 is 0 Å². The summed E-state index contributed by atoms with van der Waals surface area (Å²) in [5.74, 6) is -3.34. The summed E-state index contributed by atoms with van der Waals surface area (Å²) in [6.45, 7) is 3.17. The van der Waals surface area contributed by atoms with E-state index >= 15 is 0 Å². The first-order chi connectivity index (χ1) is 14.7. The SMILES string of the molecule is Cc1ccc(-c2noc(C(C)NC(=O)c3c[nH]c4cc(F)c(F)cc4c3=O)n2)cc1F. The molecule has 0 spiro atoms. The molecule has 0 radical (unpaired) electrons. The summed E-state index contributed by atoms with van der Waals surface area (Å²) < 4.78 is 45.8. The largest absolute Gasteiger partial charge is 0.360 e. The Morgan fingerprint density at radius 1 is 1.13 bits per heavy atom. The first-order valence-electron chi connectivity index (χ1n) is 9.16. The Labute approximate surface area is 172 Å². The van der Waals surface area contributed by atoms with E-state index in [2.05, 4.69) is 20.4 Å². The van der Waals surface area contributed by atoms with E-state index in [1.54, 1.807) is 26.0 Å². The van der Waals surface area contributed by atoms with Crippen LogP contribution in [0.1, 0.15) is 34.8 Å². The van der Waals surface area contributed by atoms with Gasteiger partial charge in [-0.15, -0.1) is 0 Å². The van der Waals surface area contributed by atoms with Crippen molar-refractivity contribution in [3.63, 3.8) is 0 Å². The molecular weight excluding hydrogens is 413 g/mol. The number of carbonyl (C=O) groups excluding carboxylic acids is 1. The number of fused-ring (bicyclic) bond motifs is 1. The van der Waals surface area contributed by atoms with E-state index in [4.69, 9.17) is 4.52 Å². The van der Waals surface area contributed by atoms with Gasteiger partial charge < -0.3 is 14.8 Å². The number of hydrogen-bond donors (Lipinski definition) is 2. The minimum atomic E-state index is -1.20. The van der Waals surface area contributed by atoms with Gasteiger partial charge in [0, 0.05) is 23.2 Å². The molecule has 2 aromatic carbocycles. The van der Waals surface area contributed by atoms with E-state index in [0.717, 1.165) is 18.3 Å². The molecule has 10 heteroatoms. The van der Waals surface area contributed by atoms with Gasteiger partial charge in [-0.05, 0) is 31.5 Å². The molecule has 31 heavy (non-hydrogen) atoms. The van der Waals surface area contributed by atoms with Crippen LogP contribution in [-0.4, -0.2) is 21.0 Å². The highest BCUT2D eigenvalue weighted by molar-refractivity contribution is 5.97. The molecular formula is C21H15F3N4O3. The fraction of sp³-hybridized carbons (Fsp3) is 0.143. The summed E-state index contributed by atoms with van der Waals surface area (Å²) in [6, 6.07) is 5.26. The molecule has 2 N–H and O–H groups in total. The van der Waals surface area contributed by atoms with Crippen molar-refractivity contribution in [2.24, 2.45) is 0 Å². The lowest BCUT2D eigenvalue weighted by Gasteiger charge is -2.10. The average molecular weight is 428 g/mol. The van der Waals surface area contributed by atoms with Gasteiger partial charge in [0.2, 0.25) is 17.1 Å². The molecule has 2 heterocycles.